The lowest BCUT2D eigenvalue weighted by Gasteiger charge is -2.24. The molecule has 4 nitrogen and oxygen atoms in total. The summed E-state index contributed by atoms with van der Waals surface area (Å²) in [5.74, 6) is 3.50. The Morgan fingerprint density at radius 2 is 1.71 bits per heavy atom. The van der Waals surface area contributed by atoms with Gasteiger partial charge in [-0.25, -0.2) is 9.97 Å². The summed E-state index contributed by atoms with van der Waals surface area (Å²) >= 11 is 0. The molecule has 1 saturated carbocycles. The third-order valence-corrected chi connectivity index (χ3v) is 4.78. The highest BCUT2D eigenvalue weighted by molar-refractivity contribution is 5.57. The normalized spacial score (nSPS) is 17.0. The molecule has 2 rings (SSSR count). The lowest BCUT2D eigenvalue weighted by atomic mass is 9.92. The smallest absolute Gasteiger partial charge is 0.138 e. The van der Waals surface area contributed by atoms with Gasteiger partial charge in [-0.2, -0.15) is 0 Å². The second-order valence-corrected chi connectivity index (χ2v) is 7.74. The summed E-state index contributed by atoms with van der Waals surface area (Å²) in [7, 11) is 1.92. The maximum Gasteiger partial charge on any atom is 0.138 e. The van der Waals surface area contributed by atoms with E-state index in [1.807, 2.05) is 7.05 Å². The van der Waals surface area contributed by atoms with Crippen LogP contribution in [0.5, 0.6) is 0 Å². The van der Waals surface area contributed by atoms with Gasteiger partial charge in [0, 0.05) is 24.6 Å². The molecular formula is C17H30N4. The number of nitrogens with one attached hydrogen (secondary N) is 2. The van der Waals surface area contributed by atoms with Gasteiger partial charge in [-0.1, -0.05) is 34.6 Å². The molecule has 118 valence electrons. The van der Waals surface area contributed by atoms with E-state index in [9.17, 15) is 0 Å². The molecule has 0 aromatic carbocycles. The highest BCUT2D eigenvalue weighted by atomic mass is 15.1. The zero-order chi connectivity index (χ0) is 15.8. The topological polar surface area (TPSA) is 49.8 Å². The third kappa shape index (κ3) is 3.30. The predicted octanol–water partition coefficient (Wildman–Crippen LogP) is 3.97. The Hall–Kier alpha value is -1.32. The molecule has 1 aromatic rings. The van der Waals surface area contributed by atoms with Crippen molar-refractivity contribution in [2.24, 2.45) is 11.3 Å². The van der Waals surface area contributed by atoms with Gasteiger partial charge >= 0.3 is 0 Å². The fraction of sp³-hybridized carbons (Fsp3) is 0.765. The van der Waals surface area contributed by atoms with E-state index in [-0.39, 0.29) is 5.41 Å². The van der Waals surface area contributed by atoms with Crippen LogP contribution in [-0.2, 0) is 5.41 Å². The Morgan fingerprint density at radius 3 is 2.14 bits per heavy atom. The van der Waals surface area contributed by atoms with E-state index in [1.165, 1.54) is 12.8 Å². The van der Waals surface area contributed by atoms with Gasteiger partial charge in [0.15, 0.2) is 0 Å². The molecule has 0 radical (unpaired) electrons. The van der Waals surface area contributed by atoms with E-state index in [0.717, 1.165) is 35.5 Å². The van der Waals surface area contributed by atoms with E-state index in [1.54, 1.807) is 0 Å². The van der Waals surface area contributed by atoms with Gasteiger partial charge < -0.3 is 10.6 Å². The summed E-state index contributed by atoms with van der Waals surface area (Å²) in [6.45, 7) is 14.2. The monoisotopic (exact) mass is 290 g/mol. The fourth-order valence-electron chi connectivity index (χ4n) is 2.65. The fourth-order valence-corrected chi connectivity index (χ4v) is 2.65. The van der Waals surface area contributed by atoms with Crippen molar-refractivity contribution in [1.29, 1.82) is 0 Å². The number of hydrogen-bond acceptors (Lipinski definition) is 4. The molecule has 1 aliphatic rings. The number of hydrogen-bond donors (Lipinski definition) is 2. The van der Waals surface area contributed by atoms with Crippen molar-refractivity contribution in [2.75, 3.05) is 24.2 Å². The molecule has 1 fully saturated rings. The highest BCUT2D eigenvalue weighted by Gasteiger charge is 2.45. The zero-order valence-electron chi connectivity index (χ0n) is 14.6. The van der Waals surface area contributed by atoms with E-state index in [2.05, 4.69) is 57.2 Å². The number of rotatable bonds is 5. The first-order valence-electron chi connectivity index (χ1n) is 8.00. The minimum absolute atomic E-state index is 0.0505. The van der Waals surface area contributed by atoms with Gasteiger partial charge in [-0.3, -0.25) is 0 Å². The first kappa shape index (κ1) is 16.1. The van der Waals surface area contributed by atoms with Crippen LogP contribution in [-0.4, -0.2) is 23.6 Å². The average Bonchev–Trinajstić information content (AvgIpc) is 3.17. The number of nitrogens with zero attached hydrogens (tertiary/aromatic N) is 2. The molecule has 1 aromatic heterocycles. The molecule has 2 N–H and O–H groups in total. The summed E-state index contributed by atoms with van der Waals surface area (Å²) in [5, 5.41) is 6.79. The molecule has 0 amide bonds. The number of aromatic nitrogens is 2. The Kier molecular flexibility index (Phi) is 4.18. The van der Waals surface area contributed by atoms with Crippen molar-refractivity contribution >= 4 is 11.6 Å². The van der Waals surface area contributed by atoms with Gasteiger partial charge in [0.25, 0.3) is 0 Å². The van der Waals surface area contributed by atoms with Crippen molar-refractivity contribution in [3.8, 4) is 0 Å². The summed E-state index contributed by atoms with van der Waals surface area (Å²) in [5.41, 5.74) is 1.52. The molecular weight excluding hydrogens is 260 g/mol. The van der Waals surface area contributed by atoms with E-state index < -0.39 is 0 Å². The largest absolute Gasteiger partial charge is 0.373 e. The minimum atomic E-state index is -0.0505. The average molecular weight is 290 g/mol. The standard InChI is InChI=1S/C17H30N4/c1-11(2)17(8-9-17)10-19-14-12(3)13(18-7)20-15(21-14)16(4,5)6/h11H,8-10H2,1-7H3,(H2,18,19,20,21). The third-order valence-electron chi connectivity index (χ3n) is 4.78. The van der Waals surface area contributed by atoms with Crippen LogP contribution in [0, 0.1) is 18.3 Å². The quantitative estimate of drug-likeness (QED) is 0.861. The molecule has 21 heavy (non-hydrogen) atoms. The molecule has 0 atom stereocenters. The molecule has 0 unspecified atom stereocenters. The van der Waals surface area contributed by atoms with Crippen molar-refractivity contribution < 1.29 is 0 Å². The maximum atomic E-state index is 4.78. The van der Waals surface area contributed by atoms with E-state index in [0.29, 0.717) is 5.41 Å². The van der Waals surface area contributed by atoms with Crippen molar-refractivity contribution in [3.05, 3.63) is 11.4 Å². The molecule has 1 aliphatic carbocycles. The van der Waals surface area contributed by atoms with Crippen LogP contribution in [0.2, 0.25) is 0 Å². The highest BCUT2D eigenvalue weighted by Crippen LogP contribution is 2.51. The van der Waals surface area contributed by atoms with Crippen LogP contribution in [0.25, 0.3) is 0 Å². The Bertz CT molecular complexity index is 510. The van der Waals surface area contributed by atoms with Crippen LogP contribution in [0.15, 0.2) is 0 Å². The zero-order valence-corrected chi connectivity index (χ0v) is 14.6. The van der Waals surface area contributed by atoms with Crippen LogP contribution >= 0.6 is 0 Å². The van der Waals surface area contributed by atoms with E-state index in [4.69, 9.17) is 4.98 Å². The summed E-state index contributed by atoms with van der Waals surface area (Å²) in [4.78, 5) is 9.44. The van der Waals surface area contributed by atoms with Crippen LogP contribution in [0.3, 0.4) is 0 Å². The summed E-state index contributed by atoms with van der Waals surface area (Å²) in [6, 6.07) is 0. The number of anilines is 2. The Labute approximate surface area is 129 Å². The van der Waals surface area contributed by atoms with Crippen LogP contribution in [0.4, 0.5) is 11.6 Å². The summed E-state index contributed by atoms with van der Waals surface area (Å²) < 4.78 is 0. The first-order valence-corrected chi connectivity index (χ1v) is 8.00. The molecule has 1 heterocycles. The molecule has 0 aliphatic heterocycles. The van der Waals surface area contributed by atoms with Crippen molar-refractivity contribution in [2.45, 2.75) is 59.8 Å². The molecule has 4 heteroatoms. The van der Waals surface area contributed by atoms with Gasteiger partial charge in [-0.15, -0.1) is 0 Å². The van der Waals surface area contributed by atoms with Gasteiger partial charge in [-0.05, 0) is 31.1 Å². The van der Waals surface area contributed by atoms with Gasteiger partial charge in [0.05, 0.1) is 0 Å². The molecule has 0 spiro atoms. The first-order chi connectivity index (χ1) is 9.69. The van der Waals surface area contributed by atoms with Gasteiger partial charge in [0.2, 0.25) is 0 Å². The Morgan fingerprint density at radius 1 is 1.14 bits per heavy atom. The van der Waals surface area contributed by atoms with Crippen molar-refractivity contribution in [1.82, 2.24) is 9.97 Å². The second kappa shape index (κ2) is 5.47. The molecule has 0 saturated heterocycles. The van der Waals surface area contributed by atoms with Crippen molar-refractivity contribution in [3.63, 3.8) is 0 Å². The SMILES string of the molecule is CNc1nc(C(C)(C)C)nc(NCC2(C(C)C)CC2)c1C. The Balaban J connectivity index is 2.26. The maximum absolute atomic E-state index is 4.78. The minimum Gasteiger partial charge on any atom is -0.373 e. The summed E-state index contributed by atoms with van der Waals surface area (Å²) in [6.07, 6.45) is 2.65. The van der Waals surface area contributed by atoms with E-state index >= 15 is 0 Å². The molecule has 0 bridgehead atoms. The van der Waals surface area contributed by atoms with Crippen LogP contribution < -0.4 is 10.6 Å². The van der Waals surface area contributed by atoms with Crippen LogP contribution in [0.1, 0.15) is 58.8 Å². The lowest BCUT2D eigenvalue weighted by Crippen LogP contribution is -2.24. The predicted molar refractivity (Wildman–Crippen MR) is 90.0 cm³/mol. The van der Waals surface area contributed by atoms with Gasteiger partial charge in [0.1, 0.15) is 17.5 Å². The lowest BCUT2D eigenvalue weighted by molar-refractivity contribution is 0.379. The second-order valence-electron chi connectivity index (χ2n) is 7.74.